The Morgan fingerprint density at radius 3 is 2.50 bits per heavy atom. The normalized spacial score (nSPS) is 13.6. The highest BCUT2D eigenvalue weighted by molar-refractivity contribution is 7.92. The summed E-state index contributed by atoms with van der Waals surface area (Å²) in [4.78, 5) is 11.1. The van der Waals surface area contributed by atoms with Gasteiger partial charge < -0.3 is 5.11 Å². The van der Waals surface area contributed by atoms with Crippen LogP contribution >= 0.6 is 0 Å². The number of carbonyl (C=O) groups is 1. The molecule has 24 heavy (non-hydrogen) atoms. The van der Waals surface area contributed by atoms with Crippen molar-refractivity contribution in [1.29, 1.82) is 0 Å². The van der Waals surface area contributed by atoms with Gasteiger partial charge >= 0.3 is 5.97 Å². The molecule has 0 radical (unpaired) electrons. The van der Waals surface area contributed by atoms with Gasteiger partial charge in [0.2, 0.25) is 0 Å². The van der Waals surface area contributed by atoms with Crippen molar-refractivity contribution in [2.75, 3.05) is 4.72 Å². The lowest BCUT2D eigenvalue weighted by atomic mass is 10.1. The molecular formula is C16H13F2NO4S. The van der Waals surface area contributed by atoms with E-state index in [9.17, 15) is 22.0 Å². The molecule has 0 heterocycles. The third kappa shape index (κ3) is 2.96. The van der Waals surface area contributed by atoms with Crippen LogP contribution in [-0.2, 0) is 22.9 Å². The number of benzene rings is 2. The predicted octanol–water partition coefficient (Wildman–Crippen LogP) is 2.95. The first kappa shape index (κ1) is 16.4. The fourth-order valence-corrected chi connectivity index (χ4v) is 4.19. The summed E-state index contributed by atoms with van der Waals surface area (Å²) in [6.45, 7) is 0. The maximum Gasteiger partial charge on any atom is 0.335 e. The first-order valence-corrected chi connectivity index (χ1v) is 8.63. The van der Waals surface area contributed by atoms with E-state index >= 15 is 0 Å². The lowest BCUT2D eigenvalue weighted by Crippen LogP contribution is -2.16. The lowest BCUT2D eigenvalue weighted by molar-refractivity contribution is 0.0696. The Balaban J connectivity index is 2.06. The van der Waals surface area contributed by atoms with Gasteiger partial charge in [0.05, 0.1) is 16.1 Å². The molecule has 126 valence electrons. The minimum atomic E-state index is -4.13. The quantitative estimate of drug-likeness (QED) is 0.885. The monoisotopic (exact) mass is 353 g/mol. The molecule has 0 aliphatic heterocycles. The lowest BCUT2D eigenvalue weighted by Gasteiger charge is -2.13. The van der Waals surface area contributed by atoms with Gasteiger partial charge in [-0.1, -0.05) is 0 Å². The second kappa shape index (κ2) is 5.86. The average molecular weight is 353 g/mol. The second-order valence-corrected chi connectivity index (χ2v) is 7.16. The van der Waals surface area contributed by atoms with Crippen molar-refractivity contribution in [1.82, 2.24) is 0 Å². The number of hydrogen-bond acceptors (Lipinski definition) is 3. The van der Waals surface area contributed by atoms with E-state index in [-0.39, 0.29) is 16.1 Å². The van der Waals surface area contributed by atoms with Crippen molar-refractivity contribution < 1.29 is 27.1 Å². The van der Waals surface area contributed by atoms with Crippen LogP contribution in [0, 0.1) is 11.6 Å². The topological polar surface area (TPSA) is 83.5 Å². The highest BCUT2D eigenvalue weighted by Crippen LogP contribution is 2.31. The molecule has 2 aromatic carbocycles. The highest BCUT2D eigenvalue weighted by Gasteiger charge is 2.26. The third-order valence-corrected chi connectivity index (χ3v) is 5.33. The number of carboxylic acid groups (broad SMARTS) is 1. The molecular weight excluding hydrogens is 340 g/mol. The zero-order valence-corrected chi connectivity index (χ0v) is 13.2. The molecule has 5 nitrogen and oxygen atoms in total. The highest BCUT2D eigenvalue weighted by atomic mass is 32.2. The number of hydrogen-bond donors (Lipinski definition) is 2. The Bertz CT molecular complexity index is 941. The van der Waals surface area contributed by atoms with Crippen LogP contribution in [0.25, 0.3) is 0 Å². The van der Waals surface area contributed by atoms with E-state index in [2.05, 4.69) is 4.72 Å². The first-order chi connectivity index (χ1) is 11.3. The fourth-order valence-electron chi connectivity index (χ4n) is 2.80. The average Bonchev–Trinajstić information content (AvgIpc) is 2.97. The smallest absolute Gasteiger partial charge is 0.335 e. The molecule has 0 amide bonds. The molecule has 1 aliphatic carbocycles. The van der Waals surface area contributed by atoms with Crippen LogP contribution in [0.15, 0.2) is 35.2 Å². The molecule has 0 spiro atoms. The summed E-state index contributed by atoms with van der Waals surface area (Å²) in [7, 11) is -4.13. The van der Waals surface area contributed by atoms with Crippen LogP contribution in [0.1, 0.15) is 27.9 Å². The summed E-state index contributed by atoms with van der Waals surface area (Å²) in [5.74, 6) is -3.50. The van der Waals surface area contributed by atoms with Crippen LogP contribution in [0.3, 0.4) is 0 Å². The fraction of sp³-hybridized carbons (Fsp3) is 0.188. The molecule has 0 fully saturated rings. The Hall–Kier alpha value is -2.48. The van der Waals surface area contributed by atoms with Gasteiger partial charge in [-0.25, -0.2) is 22.0 Å². The minimum Gasteiger partial charge on any atom is -0.478 e. The van der Waals surface area contributed by atoms with Crippen molar-refractivity contribution in [3.63, 3.8) is 0 Å². The number of rotatable bonds is 4. The summed E-state index contributed by atoms with van der Waals surface area (Å²) >= 11 is 0. The molecule has 2 aromatic rings. The predicted molar refractivity (Wildman–Crippen MR) is 82.6 cm³/mol. The second-order valence-electron chi connectivity index (χ2n) is 5.51. The molecule has 3 rings (SSSR count). The van der Waals surface area contributed by atoms with Crippen LogP contribution in [0.5, 0.6) is 0 Å². The Labute approximate surface area is 137 Å². The standard InChI is InChI=1S/C16H13F2NO4S/c17-13-5-4-11(8-14(13)18)19-24(22,23)15-7-10(16(20)21)6-9-2-1-3-12(9)15/h4-8,19H,1-3H2,(H,20,21). The molecule has 0 atom stereocenters. The van der Waals surface area contributed by atoms with Gasteiger partial charge in [-0.2, -0.15) is 0 Å². The Morgan fingerprint density at radius 1 is 1.08 bits per heavy atom. The van der Waals surface area contributed by atoms with Crippen LogP contribution < -0.4 is 4.72 Å². The third-order valence-electron chi connectivity index (χ3n) is 3.88. The zero-order valence-electron chi connectivity index (χ0n) is 12.3. The Kier molecular flexibility index (Phi) is 4.00. The van der Waals surface area contributed by atoms with Gasteiger partial charge in [0.1, 0.15) is 0 Å². The van der Waals surface area contributed by atoms with E-state index in [0.717, 1.165) is 30.7 Å². The summed E-state index contributed by atoms with van der Waals surface area (Å²) < 4.78 is 53.6. The molecule has 0 saturated heterocycles. The van der Waals surface area contributed by atoms with Gasteiger partial charge in [-0.3, -0.25) is 4.72 Å². The molecule has 1 aliphatic rings. The number of aryl methyl sites for hydroxylation is 1. The largest absolute Gasteiger partial charge is 0.478 e. The number of carboxylic acids is 1. The van der Waals surface area contributed by atoms with E-state index in [1.807, 2.05) is 0 Å². The van der Waals surface area contributed by atoms with E-state index in [4.69, 9.17) is 5.11 Å². The van der Waals surface area contributed by atoms with Crippen molar-refractivity contribution in [2.24, 2.45) is 0 Å². The van der Waals surface area contributed by atoms with Crippen LogP contribution in [0.4, 0.5) is 14.5 Å². The van der Waals surface area contributed by atoms with Crippen molar-refractivity contribution in [3.8, 4) is 0 Å². The SMILES string of the molecule is O=C(O)c1cc2c(c(S(=O)(=O)Nc3ccc(F)c(F)c3)c1)CCC2. The molecule has 0 aromatic heterocycles. The van der Waals surface area contributed by atoms with Gasteiger partial charge in [0.15, 0.2) is 11.6 Å². The summed E-state index contributed by atoms with van der Waals surface area (Å²) in [5, 5.41) is 9.16. The maximum atomic E-state index is 13.3. The minimum absolute atomic E-state index is 0.124. The molecule has 2 N–H and O–H groups in total. The number of sulfonamides is 1. The van der Waals surface area contributed by atoms with Gasteiger partial charge in [0.25, 0.3) is 10.0 Å². The maximum absolute atomic E-state index is 13.3. The summed E-state index contributed by atoms with van der Waals surface area (Å²) in [6, 6.07) is 5.20. The van der Waals surface area contributed by atoms with E-state index in [0.29, 0.717) is 24.0 Å². The van der Waals surface area contributed by atoms with E-state index < -0.39 is 27.6 Å². The van der Waals surface area contributed by atoms with Crippen molar-refractivity contribution in [2.45, 2.75) is 24.2 Å². The number of nitrogens with one attached hydrogen (secondary N) is 1. The molecule has 8 heteroatoms. The number of halogens is 2. The van der Waals surface area contributed by atoms with Gasteiger partial charge in [-0.05, 0) is 54.7 Å². The Morgan fingerprint density at radius 2 is 1.83 bits per heavy atom. The molecule has 0 bridgehead atoms. The van der Waals surface area contributed by atoms with Crippen LogP contribution in [0.2, 0.25) is 0 Å². The van der Waals surface area contributed by atoms with Crippen molar-refractivity contribution in [3.05, 3.63) is 58.7 Å². The van der Waals surface area contributed by atoms with E-state index in [1.54, 1.807) is 0 Å². The summed E-state index contributed by atoms with van der Waals surface area (Å²) in [6.07, 6.45) is 1.85. The first-order valence-electron chi connectivity index (χ1n) is 7.15. The molecule has 0 saturated carbocycles. The van der Waals surface area contributed by atoms with Crippen LogP contribution in [-0.4, -0.2) is 19.5 Å². The molecule has 0 unspecified atom stereocenters. The number of anilines is 1. The zero-order chi connectivity index (χ0) is 17.5. The van der Waals surface area contributed by atoms with Gasteiger partial charge in [0, 0.05) is 6.07 Å². The number of fused-ring (bicyclic) bond motifs is 1. The van der Waals surface area contributed by atoms with E-state index in [1.165, 1.54) is 6.07 Å². The summed E-state index contributed by atoms with van der Waals surface area (Å²) in [5.41, 5.74) is 0.985. The van der Waals surface area contributed by atoms with Crippen molar-refractivity contribution >= 4 is 21.7 Å². The van der Waals surface area contributed by atoms with Gasteiger partial charge in [-0.15, -0.1) is 0 Å². The number of aromatic carboxylic acids is 1.